The highest BCUT2D eigenvalue weighted by molar-refractivity contribution is 8.13. The molecule has 0 aliphatic carbocycles. The van der Waals surface area contributed by atoms with Crippen molar-refractivity contribution in [1.82, 2.24) is 5.32 Å². The largest absolute Gasteiger partial charge is 0.445 e. The van der Waals surface area contributed by atoms with Crippen LogP contribution in [0.2, 0.25) is 0 Å². The van der Waals surface area contributed by atoms with Crippen LogP contribution in [-0.2, 0) is 20.4 Å². The molecule has 0 aliphatic rings. The molecular formula is C14H20ClNO4S. The van der Waals surface area contributed by atoms with E-state index in [1.165, 1.54) is 0 Å². The van der Waals surface area contributed by atoms with Gasteiger partial charge < -0.3 is 10.1 Å². The lowest BCUT2D eigenvalue weighted by Crippen LogP contribution is -2.35. The third kappa shape index (κ3) is 8.57. The minimum absolute atomic E-state index is 0.123. The molecule has 0 aromatic heterocycles. The third-order valence-electron chi connectivity index (χ3n) is 2.95. The second-order valence-corrected chi connectivity index (χ2v) is 8.47. The number of amides is 1. The lowest BCUT2D eigenvalue weighted by molar-refractivity contribution is 0.135. The summed E-state index contributed by atoms with van der Waals surface area (Å²) >= 11 is 0. The van der Waals surface area contributed by atoms with E-state index in [4.69, 9.17) is 15.4 Å². The van der Waals surface area contributed by atoms with Crippen LogP contribution in [0.1, 0.15) is 25.8 Å². The SMILES string of the molecule is CC(C)(CCS(=O)(=O)Cl)CNC(=O)OCc1ccccc1. The molecule has 0 heterocycles. The molecule has 5 nitrogen and oxygen atoms in total. The molecule has 1 amide bonds. The maximum absolute atomic E-state index is 11.6. The summed E-state index contributed by atoms with van der Waals surface area (Å²) in [7, 11) is 1.67. The summed E-state index contributed by atoms with van der Waals surface area (Å²) in [5, 5.41) is 2.63. The van der Waals surface area contributed by atoms with Gasteiger partial charge in [-0.15, -0.1) is 0 Å². The van der Waals surface area contributed by atoms with Crippen molar-refractivity contribution in [3.05, 3.63) is 35.9 Å². The van der Waals surface area contributed by atoms with E-state index in [1.54, 1.807) is 0 Å². The Morgan fingerprint density at radius 3 is 2.48 bits per heavy atom. The minimum atomic E-state index is -3.51. The average molecular weight is 334 g/mol. The summed E-state index contributed by atoms with van der Waals surface area (Å²) in [4.78, 5) is 11.6. The van der Waals surface area contributed by atoms with Gasteiger partial charge in [-0.3, -0.25) is 0 Å². The number of rotatable bonds is 7. The molecule has 0 bridgehead atoms. The van der Waals surface area contributed by atoms with E-state index in [9.17, 15) is 13.2 Å². The number of hydrogen-bond acceptors (Lipinski definition) is 4. The van der Waals surface area contributed by atoms with Crippen molar-refractivity contribution in [2.24, 2.45) is 5.41 Å². The molecule has 0 spiro atoms. The molecule has 1 aromatic rings. The fourth-order valence-electron chi connectivity index (χ4n) is 1.57. The molecule has 1 aromatic carbocycles. The molecule has 1 N–H and O–H groups in total. The van der Waals surface area contributed by atoms with Gasteiger partial charge in [-0.25, -0.2) is 13.2 Å². The summed E-state index contributed by atoms with van der Waals surface area (Å²) in [6, 6.07) is 9.35. The number of carbonyl (C=O) groups excluding carboxylic acids is 1. The fraction of sp³-hybridized carbons (Fsp3) is 0.500. The number of nitrogens with one attached hydrogen (secondary N) is 1. The Balaban J connectivity index is 2.31. The first-order valence-corrected chi connectivity index (χ1v) is 9.03. The lowest BCUT2D eigenvalue weighted by Gasteiger charge is -2.24. The standard InChI is InChI=1S/C14H20ClNO4S/c1-14(2,8-9-21(15,18)19)11-16-13(17)20-10-12-6-4-3-5-7-12/h3-7H,8-11H2,1-2H3,(H,16,17). The van der Waals surface area contributed by atoms with Crippen molar-refractivity contribution in [3.63, 3.8) is 0 Å². The van der Waals surface area contributed by atoms with Crippen molar-refractivity contribution < 1.29 is 17.9 Å². The van der Waals surface area contributed by atoms with E-state index in [1.807, 2.05) is 44.2 Å². The van der Waals surface area contributed by atoms with Crippen molar-refractivity contribution in [1.29, 1.82) is 0 Å². The van der Waals surface area contributed by atoms with Crippen LogP contribution < -0.4 is 5.32 Å². The van der Waals surface area contributed by atoms with Crippen LogP contribution in [0.15, 0.2) is 30.3 Å². The molecule has 0 saturated heterocycles. The van der Waals surface area contributed by atoms with Crippen LogP contribution in [0, 0.1) is 5.41 Å². The predicted molar refractivity (Wildman–Crippen MR) is 82.7 cm³/mol. The fourth-order valence-corrected chi connectivity index (χ4v) is 2.60. The second kappa shape index (κ2) is 7.66. The molecular weight excluding hydrogens is 314 g/mol. The zero-order valence-corrected chi connectivity index (χ0v) is 13.7. The molecule has 0 atom stereocenters. The highest BCUT2D eigenvalue weighted by atomic mass is 35.7. The number of benzene rings is 1. The number of hydrogen-bond donors (Lipinski definition) is 1. The van der Waals surface area contributed by atoms with Crippen LogP contribution in [0.4, 0.5) is 4.79 Å². The summed E-state index contributed by atoms with van der Waals surface area (Å²) in [5.74, 6) is -0.123. The van der Waals surface area contributed by atoms with Crippen LogP contribution in [-0.4, -0.2) is 26.8 Å². The number of ether oxygens (including phenoxy) is 1. The van der Waals surface area contributed by atoms with E-state index < -0.39 is 15.1 Å². The Morgan fingerprint density at radius 1 is 1.29 bits per heavy atom. The van der Waals surface area contributed by atoms with E-state index in [-0.39, 0.29) is 17.8 Å². The molecule has 7 heteroatoms. The first kappa shape index (κ1) is 17.8. The molecule has 0 aliphatic heterocycles. The van der Waals surface area contributed by atoms with E-state index in [2.05, 4.69) is 5.32 Å². The summed E-state index contributed by atoms with van der Waals surface area (Å²) in [6.45, 7) is 4.22. The second-order valence-electron chi connectivity index (χ2n) is 5.57. The van der Waals surface area contributed by atoms with E-state index in [0.29, 0.717) is 13.0 Å². The van der Waals surface area contributed by atoms with Crippen molar-refractivity contribution in [2.75, 3.05) is 12.3 Å². The van der Waals surface area contributed by atoms with Gasteiger partial charge in [0.25, 0.3) is 0 Å². The van der Waals surface area contributed by atoms with Gasteiger partial charge in [-0.05, 0) is 17.4 Å². The lowest BCUT2D eigenvalue weighted by atomic mass is 9.90. The first-order valence-electron chi connectivity index (χ1n) is 6.55. The molecule has 21 heavy (non-hydrogen) atoms. The maximum Gasteiger partial charge on any atom is 0.407 e. The Hall–Kier alpha value is -1.27. The normalized spacial score (nSPS) is 12.0. The van der Waals surface area contributed by atoms with Gasteiger partial charge in [-0.2, -0.15) is 0 Å². The summed E-state index contributed by atoms with van der Waals surface area (Å²) in [5.41, 5.74) is 0.522. The Kier molecular flexibility index (Phi) is 6.48. The van der Waals surface area contributed by atoms with Crippen LogP contribution in [0.25, 0.3) is 0 Å². The quantitative estimate of drug-likeness (QED) is 0.779. The molecule has 1 rings (SSSR count). The highest BCUT2D eigenvalue weighted by Crippen LogP contribution is 2.21. The first-order chi connectivity index (χ1) is 9.68. The van der Waals surface area contributed by atoms with Gasteiger partial charge in [0.15, 0.2) is 0 Å². The van der Waals surface area contributed by atoms with Gasteiger partial charge in [0.2, 0.25) is 9.05 Å². The molecule has 0 saturated carbocycles. The van der Waals surface area contributed by atoms with Crippen molar-refractivity contribution in [2.45, 2.75) is 26.9 Å². The summed E-state index contributed by atoms with van der Waals surface area (Å²) < 4.78 is 26.9. The van der Waals surface area contributed by atoms with E-state index in [0.717, 1.165) is 5.56 Å². The minimum Gasteiger partial charge on any atom is -0.445 e. The van der Waals surface area contributed by atoms with Gasteiger partial charge in [0.05, 0.1) is 5.75 Å². The van der Waals surface area contributed by atoms with Crippen LogP contribution in [0.5, 0.6) is 0 Å². The van der Waals surface area contributed by atoms with Gasteiger partial charge in [-0.1, -0.05) is 44.2 Å². The average Bonchev–Trinajstić information content (AvgIpc) is 2.41. The third-order valence-corrected chi connectivity index (χ3v) is 4.10. The van der Waals surface area contributed by atoms with Gasteiger partial charge in [0, 0.05) is 17.2 Å². The Labute approximate surface area is 130 Å². The highest BCUT2D eigenvalue weighted by Gasteiger charge is 2.22. The summed E-state index contributed by atoms with van der Waals surface area (Å²) in [6.07, 6.45) is -0.168. The smallest absolute Gasteiger partial charge is 0.407 e. The molecule has 0 radical (unpaired) electrons. The van der Waals surface area contributed by atoms with Crippen molar-refractivity contribution in [3.8, 4) is 0 Å². The topological polar surface area (TPSA) is 72.5 Å². The van der Waals surface area contributed by atoms with E-state index >= 15 is 0 Å². The number of carbonyl (C=O) groups is 1. The Morgan fingerprint density at radius 2 is 1.90 bits per heavy atom. The Bertz CT molecular complexity index is 558. The van der Waals surface area contributed by atoms with Crippen LogP contribution >= 0.6 is 10.7 Å². The predicted octanol–water partition coefficient (Wildman–Crippen LogP) is 2.90. The van der Waals surface area contributed by atoms with Gasteiger partial charge >= 0.3 is 6.09 Å². The van der Waals surface area contributed by atoms with Crippen molar-refractivity contribution >= 4 is 25.8 Å². The van der Waals surface area contributed by atoms with Crippen LogP contribution in [0.3, 0.4) is 0 Å². The zero-order chi connectivity index (χ0) is 15.9. The molecule has 0 fully saturated rings. The zero-order valence-electron chi connectivity index (χ0n) is 12.1. The molecule has 0 unspecified atom stereocenters. The number of alkyl carbamates (subject to hydrolysis) is 1. The molecule has 118 valence electrons. The monoisotopic (exact) mass is 333 g/mol. The van der Waals surface area contributed by atoms with Gasteiger partial charge in [0.1, 0.15) is 6.61 Å². The number of halogens is 1. The maximum atomic E-state index is 11.6.